The highest BCUT2D eigenvalue weighted by Crippen LogP contribution is 2.29. The number of unbranched alkanes of at least 4 members (excludes halogenated alkanes) is 3. The Morgan fingerprint density at radius 3 is 2.60 bits per heavy atom. The van der Waals surface area contributed by atoms with Crippen LogP contribution in [0.2, 0.25) is 0 Å². The molecule has 0 amide bonds. The molecule has 1 N–H and O–H groups in total. The van der Waals surface area contributed by atoms with Crippen LogP contribution in [0.25, 0.3) is 11.0 Å². The average Bonchev–Trinajstić information content (AvgIpc) is 3.00. The van der Waals surface area contributed by atoms with Gasteiger partial charge < -0.3 is 14.6 Å². The standard InChI is InChI=1S/C26H45N3O/c1-7-9-16-29-24-19-22(30-17-12-10-11-15-27-8-2)13-14-23(24)28-25(29)18-21(3)20-26(4,5)6/h13-14,19,21,27H,7-12,15-18,20H2,1-6H3. The molecule has 0 spiro atoms. The number of ether oxygens (including phenoxy) is 1. The van der Waals surface area contributed by atoms with Gasteiger partial charge in [-0.05, 0) is 68.7 Å². The molecule has 1 heterocycles. The van der Waals surface area contributed by atoms with Crippen LogP contribution in [0.1, 0.15) is 85.9 Å². The molecule has 0 bridgehead atoms. The molecule has 4 heteroatoms. The minimum Gasteiger partial charge on any atom is -0.494 e. The molecule has 0 saturated heterocycles. The van der Waals surface area contributed by atoms with Gasteiger partial charge in [0.2, 0.25) is 0 Å². The summed E-state index contributed by atoms with van der Waals surface area (Å²) in [6.07, 6.45) is 8.16. The van der Waals surface area contributed by atoms with E-state index < -0.39 is 0 Å². The zero-order valence-electron chi connectivity index (χ0n) is 20.4. The Balaban J connectivity index is 2.06. The molecule has 1 atom stereocenters. The number of imidazole rings is 1. The first-order chi connectivity index (χ1) is 14.3. The third-order valence-corrected chi connectivity index (χ3v) is 5.54. The van der Waals surface area contributed by atoms with Gasteiger partial charge in [-0.25, -0.2) is 4.98 Å². The summed E-state index contributed by atoms with van der Waals surface area (Å²) in [6, 6.07) is 6.42. The summed E-state index contributed by atoms with van der Waals surface area (Å²) in [6.45, 7) is 17.7. The fraction of sp³-hybridized carbons (Fsp3) is 0.731. The van der Waals surface area contributed by atoms with Crippen molar-refractivity contribution in [3.05, 3.63) is 24.0 Å². The Kier molecular flexibility index (Phi) is 10.2. The quantitative estimate of drug-likeness (QED) is 0.353. The van der Waals surface area contributed by atoms with Gasteiger partial charge in [0.05, 0.1) is 17.6 Å². The average molecular weight is 416 g/mol. The summed E-state index contributed by atoms with van der Waals surface area (Å²) in [5.41, 5.74) is 2.68. The lowest BCUT2D eigenvalue weighted by atomic mass is 9.84. The number of aromatic nitrogens is 2. The maximum atomic E-state index is 6.07. The number of benzene rings is 1. The zero-order valence-corrected chi connectivity index (χ0v) is 20.4. The van der Waals surface area contributed by atoms with Gasteiger partial charge in [0.25, 0.3) is 0 Å². The molecular formula is C26H45N3O. The fourth-order valence-corrected chi connectivity index (χ4v) is 4.29. The maximum absolute atomic E-state index is 6.07. The molecule has 30 heavy (non-hydrogen) atoms. The van der Waals surface area contributed by atoms with E-state index in [1.807, 2.05) is 0 Å². The van der Waals surface area contributed by atoms with E-state index in [0.717, 1.165) is 50.3 Å². The van der Waals surface area contributed by atoms with E-state index in [0.29, 0.717) is 11.3 Å². The first-order valence-electron chi connectivity index (χ1n) is 12.2. The van der Waals surface area contributed by atoms with Crippen molar-refractivity contribution in [2.75, 3.05) is 19.7 Å². The van der Waals surface area contributed by atoms with Gasteiger partial charge in [0, 0.05) is 19.0 Å². The number of nitrogens with one attached hydrogen (secondary N) is 1. The maximum Gasteiger partial charge on any atom is 0.121 e. The van der Waals surface area contributed by atoms with Gasteiger partial charge >= 0.3 is 0 Å². The van der Waals surface area contributed by atoms with Crippen molar-refractivity contribution < 1.29 is 4.74 Å². The molecule has 2 aromatic rings. The predicted octanol–water partition coefficient (Wildman–Crippen LogP) is 6.61. The molecule has 0 aliphatic rings. The van der Waals surface area contributed by atoms with Crippen LogP contribution >= 0.6 is 0 Å². The van der Waals surface area contributed by atoms with E-state index in [2.05, 4.69) is 69.6 Å². The molecule has 1 aromatic heterocycles. The van der Waals surface area contributed by atoms with E-state index in [-0.39, 0.29) is 0 Å². The van der Waals surface area contributed by atoms with E-state index >= 15 is 0 Å². The van der Waals surface area contributed by atoms with Crippen molar-refractivity contribution in [2.45, 2.75) is 93.0 Å². The lowest BCUT2D eigenvalue weighted by molar-refractivity contribution is 0.302. The molecule has 0 radical (unpaired) electrons. The largest absolute Gasteiger partial charge is 0.494 e. The number of hydrogen-bond donors (Lipinski definition) is 1. The van der Waals surface area contributed by atoms with Gasteiger partial charge in [0.15, 0.2) is 0 Å². The van der Waals surface area contributed by atoms with Crippen LogP contribution in [0.15, 0.2) is 18.2 Å². The van der Waals surface area contributed by atoms with Gasteiger partial charge in [0.1, 0.15) is 11.6 Å². The molecule has 0 aliphatic carbocycles. The SMILES string of the molecule is CCCCn1c(CC(C)CC(C)(C)C)nc2ccc(OCCCCCNCC)cc21. The minimum absolute atomic E-state index is 0.354. The number of nitrogens with zero attached hydrogens (tertiary/aromatic N) is 2. The molecular weight excluding hydrogens is 370 g/mol. The summed E-state index contributed by atoms with van der Waals surface area (Å²) in [5.74, 6) is 2.83. The van der Waals surface area contributed by atoms with Gasteiger partial charge in [-0.15, -0.1) is 0 Å². The van der Waals surface area contributed by atoms with E-state index in [1.165, 1.54) is 43.4 Å². The highest BCUT2D eigenvalue weighted by molar-refractivity contribution is 5.77. The first kappa shape index (κ1) is 24.7. The van der Waals surface area contributed by atoms with Crippen LogP contribution in [-0.4, -0.2) is 29.2 Å². The van der Waals surface area contributed by atoms with E-state index in [1.54, 1.807) is 0 Å². The van der Waals surface area contributed by atoms with Crippen LogP contribution in [0.5, 0.6) is 5.75 Å². The zero-order chi connectivity index (χ0) is 22.0. The lowest BCUT2D eigenvalue weighted by Gasteiger charge is -2.23. The molecule has 170 valence electrons. The third kappa shape index (κ3) is 8.29. The topological polar surface area (TPSA) is 39.1 Å². The summed E-state index contributed by atoms with van der Waals surface area (Å²) < 4.78 is 8.52. The Labute approximate surface area is 184 Å². The fourth-order valence-electron chi connectivity index (χ4n) is 4.29. The highest BCUT2D eigenvalue weighted by atomic mass is 16.5. The molecule has 0 fully saturated rings. The van der Waals surface area contributed by atoms with Crippen molar-refractivity contribution in [1.82, 2.24) is 14.9 Å². The van der Waals surface area contributed by atoms with Crippen molar-refractivity contribution >= 4 is 11.0 Å². The smallest absolute Gasteiger partial charge is 0.121 e. The van der Waals surface area contributed by atoms with Crippen LogP contribution in [0.3, 0.4) is 0 Å². The van der Waals surface area contributed by atoms with E-state index in [4.69, 9.17) is 9.72 Å². The van der Waals surface area contributed by atoms with Crippen molar-refractivity contribution in [3.8, 4) is 5.75 Å². The van der Waals surface area contributed by atoms with Gasteiger partial charge in [-0.2, -0.15) is 0 Å². The molecule has 4 nitrogen and oxygen atoms in total. The third-order valence-electron chi connectivity index (χ3n) is 5.54. The van der Waals surface area contributed by atoms with Crippen molar-refractivity contribution in [3.63, 3.8) is 0 Å². The summed E-state index contributed by atoms with van der Waals surface area (Å²) in [5, 5.41) is 3.38. The van der Waals surface area contributed by atoms with Crippen LogP contribution < -0.4 is 10.1 Å². The molecule has 2 rings (SSSR count). The Morgan fingerprint density at radius 2 is 1.90 bits per heavy atom. The lowest BCUT2D eigenvalue weighted by Crippen LogP contribution is -2.15. The first-order valence-corrected chi connectivity index (χ1v) is 12.2. The summed E-state index contributed by atoms with van der Waals surface area (Å²) in [4.78, 5) is 5.02. The van der Waals surface area contributed by atoms with Crippen molar-refractivity contribution in [2.24, 2.45) is 11.3 Å². The van der Waals surface area contributed by atoms with Crippen LogP contribution in [-0.2, 0) is 13.0 Å². The minimum atomic E-state index is 0.354. The number of rotatable bonds is 14. The monoisotopic (exact) mass is 415 g/mol. The molecule has 0 aliphatic heterocycles. The molecule has 1 unspecified atom stereocenters. The van der Waals surface area contributed by atoms with Crippen LogP contribution in [0.4, 0.5) is 0 Å². The normalized spacial score (nSPS) is 13.1. The Morgan fingerprint density at radius 1 is 1.10 bits per heavy atom. The molecule has 1 aromatic carbocycles. The number of aryl methyl sites for hydroxylation is 1. The van der Waals surface area contributed by atoms with Gasteiger partial charge in [-0.3, -0.25) is 0 Å². The Hall–Kier alpha value is -1.55. The predicted molar refractivity (Wildman–Crippen MR) is 129 cm³/mol. The number of hydrogen-bond acceptors (Lipinski definition) is 3. The van der Waals surface area contributed by atoms with Crippen molar-refractivity contribution in [1.29, 1.82) is 0 Å². The van der Waals surface area contributed by atoms with E-state index in [9.17, 15) is 0 Å². The second kappa shape index (κ2) is 12.3. The highest BCUT2D eigenvalue weighted by Gasteiger charge is 2.19. The Bertz CT molecular complexity index is 745. The van der Waals surface area contributed by atoms with Gasteiger partial charge in [-0.1, -0.05) is 48.0 Å². The summed E-state index contributed by atoms with van der Waals surface area (Å²) >= 11 is 0. The summed E-state index contributed by atoms with van der Waals surface area (Å²) in [7, 11) is 0. The second-order valence-electron chi connectivity index (χ2n) is 10.0. The second-order valence-corrected chi connectivity index (χ2v) is 10.0. The molecule has 0 saturated carbocycles. The number of fused-ring (bicyclic) bond motifs is 1. The van der Waals surface area contributed by atoms with Crippen LogP contribution in [0, 0.1) is 11.3 Å².